The average molecular weight is 387 g/mol. The molecule has 24 heavy (non-hydrogen) atoms. The van der Waals surface area contributed by atoms with Crippen LogP contribution in [0.25, 0.3) is 20.9 Å². The molecule has 0 amide bonds. The van der Waals surface area contributed by atoms with Gasteiger partial charge >= 0.3 is 10.3 Å². The highest BCUT2D eigenvalue weighted by molar-refractivity contribution is 7.72. The standard InChI is InChI=1S/C15H10O2S2.ClHO4/c16-11-6-7-12(13(17)8-11)15-9-14(18-19-15)10-4-2-1-3-5-10;2-1(3,4)5/h1-9H,(H-,16,17);(H,2,3,4,5). The van der Waals surface area contributed by atoms with Crippen LogP contribution in [-0.2, 0) is 0 Å². The molecule has 0 saturated heterocycles. The Bertz CT molecular complexity index is 795. The lowest BCUT2D eigenvalue weighted by Crippen LogP contribution is -2.68. The van der Waals surface area contributed by atoms with Crippen LogP contribution in [0.3, 0.4) is 0 Å². The molecule has 126 valence electrons. The minimum atomic E-state index is -4.94. The number of phenols is 2. The summed E-state index contributed by atoms with van der Waals surface area (Å²) < 4.78 is 34.0. The summed E-state index contributed by atoms with van der Waals surface area (Å²) in [6.07, 6.45) is 0. The number of aromatic hydroxyl groups is 2. The maximum Gasteiger partial charge on any atom is 0.301 e. The molecule has 0 aliphatic carbocycles. The Morgan fingerprint density at radius 1 is 0.875 bits per heavy atom. The van der Waals surface area contributed by atoms with Gasteiger partial charge in [-0.2, -0.15) is 0 Å². The topological polar surface area (TPSA) is 133 Å². The van der Waals surface area contributed by atoms with E-state index < -0.39 is 10.2 Å². The Kier molecular flexibility index (Phi) is 6.08. The third-order valence-electron chi connectivity index (χ3n) is 2.79. The molecule has 0 bridgehead atoms. The van der Waals surface area contributed by atoms with E-state index in [0.29, 0.717) is 0 Å². The van der Waals surface area contributed by atoms with Gasteiger partial charge in [-0.05, 0) is 24.3 Å². The summed E-state index contributed by atoms with van der Waals surface area (Å²) in [7, 11) is -1.65. The lowest BCUT2D eigenvalue weighted by molar-refractivity contribution is -2.00. The van der Waals surface area contributed by atoms with E-state index in [1.54, 1.807) is 32.8 Å². The van der Waals surface area contributed by atoms with Crippen molar-refractivity contribution in [3.63, 3.8) is 0 Å². The summed E-state index contributed by atoms with van der Waals surface area (Å²) in [6, 6.07) is 16.9. The SMILES string of the molecule is Oc1ccc(-c2cc(-c3ccccc3)[s+]s2)c(O)c1.[O-][Cl+3]([O-])([O-])[O-]. The molecule has 0 atom stereocenters. The van der Waals surface area contributed by atoms with Gasteiger partial charge < -0.3 is 10.2 Å². The fourth-order valence-corrected chi connectivity index (χ4v) is 4.31. The first-order valence-electron chi connectivity index (χ1n) is 6.37. The summed E-state index contributed by atoms with van der Waals surface area (Å²) in [5.74, 6) is 0.179. The zero-order valence-corrected chi connectivity index (χ0v) is 14.3. The molecular weight excluding hydrogens is 376 g/mol. The van der Waals surface area contributed by atoms with Crippen molar-refractivity contribution in [2.45, 2.75) is 0 Å². The summed E-state index contributed by atoms with van der Waals surface area (Å²) in [5, 5.41) is 19.2. The average Bonchev–Trinajstić information content (AvgIpc) is 2.96. The highest BCUT2D eigenvalue weighted by Gasteiger charge is 2.18. The molecule has 0 unspecified atom stereocenters. The number of phenolic OH excluding ortho intramolecular Hbond substituents is 2. The van der Waals surface area contributed by atoms with Gasteiger partial charge in [-0.1, -0.05) is 18.2 Å². The molecule has 0 aliphatic heterocycles. The Balaban J connectivity index is 0.000000368. The van der Waals surface area contributed by atoms with E-state index in [0.717, 1.165) is 10.4 Å². The molecule has 3 aromatic rings. The highest BCUT2D eigenvalue weighted by atomic mass is 35.7. The number of hydrogen-bond donors (Lipinski definition) is 2. The number of rotatable bonds is 2. The second kappa shape index (κ2) is 7.86. The van der Waals surface area contributed by atoms with E-state index in [4.69, 9.17) is 18.6 Å². The van der Waals surface area contributed by atoms with Gasteiger partial charge in [-0.25, -0.2) is 18.6 Å². The van der Waals surface area contributed by atoms with Crippen molar-refractivity contribution in [3.05, 3.63) is 54.6 Å². The van der Waals surface area contributed by atoms with Crippen LogP contribution in [0.1, 0.15) is 0 Å². The molecule has 0 saturated carbocycles. The van der Waals surface area contributed by atoms with Crippen LogP contribution in [-0.4, -0.2) is 10.2 Å². The van der Waals surface area contributed by atoms with Crippen LogP contribution >= 0.6 is 20.7 Å². The van der Waals surface area contributed by atoms with Gasteiger partial charge in [0.25, 0.3) is 4.88 Å². The van der Waals surface area contributed by atoms with E-state index in [1.165, 1.54) is 16.5 Å². The Morgan fingerprint density at radius 3 is 2.08 bits per heavy atom. The zero-order valence-electron chi connectivity index (χ0n) is 11.9. The Morgan fingerprint density at radius 2 is 1.50 bits per heavy atom. The molecule has 0 aliphatic rings. The van der Waals surface area contributed by atoms with Gasteiger partial charge in [-0.15, -0.1) is 10.2 Å². The van der Waals surface area contributed by atoms with Crippen molar-refractivity contribution in [2.75, 3.05) is 0 Å². The number of hydrogen-bond acceptors (Lipinski definition) is 7. The van der Waals surface area contributed by atoms with Gasteiger partial charge in [-0.3, -0.25) is 0 Å². The Hall–Kier alpha value is -1.78. The van der Waals surface area contributed by atoms with E-state index in [9.17, 15) is 10.2 Å². The third-order valence-corrected chi connectivity index (χ3v) is 5.25. The van der Waals surface area contributed by atoms with Crippen LogP contribution in [0.2, 0.25) is 0 Å². The van der Waals surface area contributed by atoms with E-state index in [1.807, 2.05) is 18.2 Å². The molecule has 2 N–H and O–H groups in total. The lowest BCUT2D eigenvalue weighted by Gasteiger charge is -2.17. The predicted molar refractivity (Wildman–Crippen MR) is 80.8 cm³/mol. The zero-order chi connectivity index (χ0) is 17.7. The fraction of sp³-hybridized carbons (Fsp3) is 0. The van der Waals surface area contributed by atoms with Crippen molar-refractivity contribution >= 4 is 20.7 Å². The maximum absolute atomic E-state index is 9.88. The van der Waals surface area contributed by atoms with Crippen LogP contribution in [0.5, 0.6) is 11.5 Å². The molecule has 9 heteroatoms. The van der Waals surface area contributed by atoms with Gasteiger partial charge in [0.15, 0.2) is 10.3 Å². The summed E-state index contributed by atoms with van der Waals surface area (Å²) in [6.45, 7) is 0. The molecule has 1 heterocycles. The van der Waals surface area contributed by atoms with Crippen LogP contribution in [0.4, 0.5) is 0 Å². The maximum atomic E-state index is 9.88. The second-order valence-electron chi connectivity index (χ2n) is 4.48. The predicted octanol–water partition coefficient (Wildman–Crippen LogP) is 0.0799. The largest absolute Gasteiger partial charge is 0.508 e. The van der Waals surface area contributed by atoms with Gasteiger partial charge in [0.05, 0.1) is 0 Å². The van der Waals surface area contributed by atoms with Gasteiger partial charge in [0.1, 0.15) is 16.4 Å². The van der Waals surface area contributed by atoms with Crippen molar-refractivity contribution in [1.29, 1.82) is 0 Å². The van der Waals surface area contributed by atoms with Crippen LogP contribution < -0.4 is 18.6 Å². The van der Waals surface area contributed by atoms with Crippen LogP contribution in [0, 0.1) is 10.2 Å². The van der Waals surface area contributed by atoms with E-state index in [-0.39, 0.29) is 11.5 Å². The van der Waals surface area contributed by atoms with Gasteiger partial charge in [0, 0.05) is 23.3 Å². The normalized spacial score (nSPS) is 10.8. The van der Waals surface area contributed by atoms with Crippen molar-refractivity contribution in [2.24, 2.45) is 0 Å². The van der Waals surface area contributed by atoms with Crippen LogP contribution in [0.15, 0.2) is 54.6 Å². The first-order chi connectivity index (χ1) is 11.2. The summed E-state index contributed by atoms with van der Waals surface area (Å²) >= 11 is 0. The first-order valence-corrected chi connectivity index (χ1v) is 9.75. The summed E-state index contributed by atoms with van der Waals surface area (Å²) in [5.41, 5.74) is 1.93. The molecular formula is C15H11ClO6S2. The Labute approximate surface area is 146 Å². The second-order valence-corrected chi connectivity index (χ2v) is 7.45. The smallest absolute Gasteiger partial charge is 0.301 e. The molecule has 0 radical (unpaired) electrons. The molecule has 6 nitrogen and oxygen atoms in total. The molecule has 0 fully saturated rings. The third kappa shape index (κ3) is 5.69. The van der Waals surface area contributed by atoms with Gasteiger partial charge in [0.2, 0.25) is 0 Å². The highest BCUT2D eigenvalue weighted by Crippen LogP contribution is 2.41. The minimum absolute atomic E-state index is 0.0739. The molecule has 0 spiro atoms. The van der Waals surface area contributed by atoms with Crippen molar-refractivity contribution in [1.82, 2.24) is 0 Å². The molecule has 3 rings (SSSR count). The van der Waals surface area contributed by atoms with Crippen molar-refractivity contribution in [3.8, 4) is 32.4 Å². The monoisotopic (exact) mass is 386 g/mol. The molecule has 1 aromatic heterocycles. The van der Waals surface area contributed by atoms with E-state index in [2.05, 4.69) is 18.2 Å². The number of benzene rings is 2. The fourth-order valence-electron chi connectivity index (χ4n) is 1.84. The number of halogens is 1. The molecule has 2 aromatic carbocycles. The quantitative estimate of drug-likeness (QED) is 0.473. The lowest BCUT2D eigenvalue weighted by atomic mass is 10.1. The first kappa shape index (κ1) is 18.6. The van der Waals surface area contributed by atoms with Crippen molar-refractivity contribution < 1.29 is 39.1 Å². The minimum Gasteiger partial charge on any atom is -0.508 e. The summed E-state index contributed by atoms with van der Waals surface area (Å²) in [4.78, 5) is 2.18. The van der Waals surface area contributed by atoms with E-state index >= 15 is 0 Å².